The Bertz CT molecular complexity index is 3850. The van der Waals surface area contributed by atoms with Crippen LogP contribution in [0.1, 0.15) is 78.4 Å². The summed E-state index contributed by atoms with van der Waals surface area (Å²) in [6.07, 6.45) is 7.76. The number of methoxy groups -OCH3 is 2. The molecule has 0 unspecified atom stereocenters. The first-order valence-corrected chi connectivity index (χ1v) is 23.1. The van der Waals surface area contributed by atoms with Crippen LogP contribution in [-0.4, -0.2) is 34.2 Å². The van der Waals surface area contributed by atoms with Crippen LogP contribution < -0.4 is 9.47 Å². The van der Waals surface area contributed by atoms with Gasteiger partial charge in [-0.2, -0.15) is 21.0 Å². The van der Waals surface area contributed by atoms with Gasteiger partial charge in [0.15, 0.2) is 0 Å². The van der Waals surface area contributed by atoms with E-state index in [1.165, 1.54) is 7.11 Å². The van der Waals surface area contributed by atoms with Crippen LogP contribution in [0.3, 0.4) is 0 Å². The Labute approximate surface area is 418 Å². The number of hydrogen-bond acceptors (Lipinski definition) is 8. The Morgan fingerprint density at radius 1 is 0.444 bits per heavy atom. The molecule has 7 aromatic rings. The second-order valence-corrected chi connectivity index (χ2v) is 17.7. The SMILES string of the molecule is COc1ccc(C#Cc2c3nc(c(-c4c(C)cc(C)cc4C)c4ccc([nH]4)c(C(=C(C#N)C#N)C(=C(C#N)C#N)c4ccc(OC)cc4)c4nc(c(-c5c(C)cc(C)cc5C)c5ccc2[nH]5)C=C4)C=C3)cc1. The topological polar surface area (TPSA) is 171 Å². The third-order valence-electron chi connectivity index (χ3n) is 12.9. The molecule has 0 saturated carbocycles. The van der Waals surface area contributed by atoms with Gasteiger partial charge in [0.1, 0.15) is 46.9 Å². The minimum atomic E-state index is -0.326. The van der Waals surface area contributed by atoms with E-state index in [9.17, 15) is 21.0 Å². The molecule has 9 rings (SSSR count). The van der Waals surface area contributed by atoms with Crippen LogP contribution >= 0.6 is 0 Å². The first-order chi connectivity index (χ1) is 34.9. The molecule has 2 N–H and O–H groups in total. The van der Waals surface area contributed by atoms with Crippen LogP contribution in [-0.2, 0) is 0 Å². The van der Waals surface area contributed by atoms with E-state index >= 15 is 0 Å². The normalized spacial score (nSPS) is 11.1. The number of ether oxygens (including phenoxy) is 2. The average molecular weight is 935 g/mol. The largest absolute Gasteiger partial charge is 0.497 e. The van der Waals surface area contributed by atoms with Crippen LogP contribution in [0.25, 0.3) is 79.8 Å². The molecule has 72 heavy (non-hydrogen) atoms. The summed E-state index contributed by atoms with van der Waals surface area (Å²) in [5.41, 5.74) is 16.5. The van der Waals surface area contributed by atoms with Gasteiger partial charge in [-0.1, -0.05) is 59.4 Å². The first-order valence-electron chi connectivity index (χ1n) is 23.1. The Hall–Kier alpha value is -9.92. The minimum absolute atomic E-state index is 0.0569. The number of nitrogens with zero attached hydrogens (tertiary/aromatic N) is 6. The minimum Gasteiger partial charge on any atom is -0.497 e. The highest BCUT2D eigenvalue weighted by atomic mass is 16.5. The Balaban J connectivity index is 1.53. The van der Waals surface area contributed by atoms with Gasteiger partial charge in [-0.3, -0.25) is 0 Å². The lowest BCUT2D eigenvalue weighted by atomic mass is 9.85. The molecular formula is C62H46N8O2. The highest BCUT2D eigenvalue weighted by molar-refractivity contribution is 6.15. The van der Waals surface area contributed by atoms with Gasteiger partial charge in [-0.15, -0.1) is 0 Å². The Kier molecular flexibility index (Phi) is 12.8. The molecule has 5 heterocycles. The summed E-state index contributed by atoms with van der Waals surface area (Å²) in [5.74, 6) is 8.16. The fourth-order valence-corrected chi connectivity index (χ4v) is 9.90. The van der Waals surface area contributed by atoms with E-state index in [-0.39, 0.29) is 22.3 Å². The number of benzene rings is 4. The summed E-state index contributed by atoms with van der Waals surface area (Å²) < 4.78 is 10.9. The van der Waals surface area contributed by atoms with Crippen molar-refractivity contribution in [2.45, 2.75) is 41.5 Å². The number of aromatic nitrogens is 4. The lowest BCUT2D eigenvalue weighted by Crippen LogP contribution is -2.01. The van der Waals surface area contributed by atoms with Gasteiger partial charge >= 0.3 is 0 Å². The van der Waals surface area contributed by atoms with Gasteiger partial charge in [-0.25, -0.2) is 9.97 Å². The molecule has 0 radical (unpaired) electrons. The summed E-state index contributed by atoms with van der Waals surface area (Å²) in [6.45, 7) is 12.5. The number of nitriles is 4. The van der Waals surface area contributed by atoms with Gasteiger partial charge < -0.3 is 19.4 Å². The molecule has 2 aliphatic rings. The molecule has 3 aromatic heterocycles. The molecular weight excluding hydrogens is 889 g/mol. The molecule has 0 spiro atoms. The summed E-state index contributed by atoms with van der Waals surface area (Å²) in [5, 5.41) is 43.1. The van der Waals surface area contributed by atoms with Crippen LogP contribution in [0, 0.1) is 98.7 Å². The monoisotopic (exact) mass is 934 g/mol. The molecule has 10 heteroatoms. The van der Waals surface area contributed by atoms with E-state index in [0.717, 1.165) is 78.0 Å². The van der Waals surface area contributed by atoms with Crippen molar-refractivity contribution >= 4 is 57.5 Å². The predicted molar refractivity (Wildman–Crippen MR) is 286 cm³/mol. The number of H-pyrrole nitrogens is 2. The average Bonchev–Trinajstić information content (AvgIpc) is 4.23. The fourth-order valence-electron chi connectivity index (χ4n) is 9.90. The quantitative estimate of drug-likeness (QED) is 0.0903. The number of nitrogens with one attached hydrogen (secondary N) is 2. The van der Waals surface area contributed by atoms with Crippen molar-refractivity contribution in [2.24, 2.45) is 0 Å². The lowest BCUT2D eigenvalue weighted by molar-refractivity contribution is 0.414. The van der Waals surface area contributed by atoms with E-state index in [1.807, 2.05) is 72.8 Å². The highest BCUT2D eigenvalue weighted by Gasteiger charge is 2.27. The highest BCUT2D eigenvalue weighted by Crippen LogP contribution is 2.43. The molecule has 0 atom stereocenters. The number of allylic oxidation sites excluding steroid dienone is 4. The Morgan fingerprint density at radius 2 is 0.861 bits per heavy atom. The molecule has 0 fully saturated rings. The number of aryl methyl sites for hydroxylation is 6. The van der Waals surface area contributed by atoms with E-state index < -0.39 is 0 Å². The van der Waals surface area contributed by atoms with Gasteiger partial charge in [0, 0.05) is 50.0 Å². The van der Waals surface area contributed by atoms with E-state index in [2.05, 4.69) is 112 Å². The zero-order valence-electron chi connectivity index (χ0n) is 41.0. The first kappa shape index (κ1) is 47.2. The molecule has 0 saturated heterocycles. The van der Waals surface area contributed by atoms with E-state index in [4.69, 9.17) is 19.4 Å². The van der Waals surface area contributed by atoms with Crippen molar-refractivity contribution < 1.29 is 9.47 Å². The van der Waals surface area contributed by atoms with Crippen molar-refractivity contribution in [3.05, 3.63) is 187 Å². The van der Waals surface area contributed by atoms with Crippen molar-refractivity contribution in [1.29, 1.82) is 21.0 Å². The molecule has 10 nitrogen and oxygen atoms in total. The van der Waals surface area contributed by atoms with Crippen molar-refractivity contribution in [3.63, 3.8) is 0 Å². The molecule has 4 aromatic carbocycles. The van der Waals surface area contributed by atoms with Gasteiger partial charge in [-0.05, 0) is 165 Å². The summed E-state index contributed by atoms with van der Waals surface area (Å²) in [7, 11) is 3.17. The maximum absolute atomic E-state index is 10.9. The third-order valence-corrected chi connectivity index (χ3v) is 12.9. The van der Waals surface area contributed by atoms with E-state index in [0.29, 0.717) is 56.2 Å². The number of fused-ring (bicyclic) bond motifs is 8. The van der Waals surface area contributed by atoms with Crippen molar-refractivity contribution in [2.75, 3.05) is 14.2 Å². The fraction of sp³-hybridized carbons (Fsp3) is 0.129. The van der Waals surface area contributed by atoms with Crippen LogP contribution in [0.5, 0.6) is 11.5 Å². The van der Waals surface area contributed by atoms with Gasteiger partial charge in [0.25, 0.3) is 0 Å². The van der Waals surface area contributed by atoms with Gasteiger partial charge in [0.05, 0.1) is 48.1 Å². The summed E-state index contributed by atoms with van der Waals surface area (Å²) >= 11 is 0. The zero-order valence-corrected chi connectivity index (χ0v) is 41.0. The van der Waals surface area contributed by atoms with Crippen LogP contribution in [0.4, 0.5) is 0 Å². The second-order valence-electron chi connectivity index (χ2n) is 17.7. The maximum atomic E-state index is 10.9. The Morgan fingerprint density at radius 3 is 1.36 bits per heavy atom. The number of hydrogen-bond donors (Lipinski definition) is 2. The standard InChI is InChI=1S/C62H46N8O2/c1-35-27-37(3)56(38(4)28-35)60-50-21-19-48(67-50)47(18-11-41-9-14-45(71-7)15-10-41)49-20-22-51(68-49)61(57-39(5)29-36(2)30-40(57)6)53-24-26-55(70-53)62(54-25-23-52(60)69-54)59(44(33-65)34-66)58(43(31-63)32-64)42-12-16-46(72-8)17-13-42/h9-10,12-17,19-30,67,70H,1-8H3. The van der Waals surface area contributed by atoms with Gasteiger partial charge in [0.2, 0.25) is 0 Å². The maximum Gasteiger partial charge on any atom is 0.138 e. The summed E-state index contributed by atoms with van der Waals surface area (Å²) in [6, 6.07) is 39.2. The molecule has 0 amide bonds. The molecule has 0 aliphatic carbocycles. The lowest BCUT2D eigenvalue weighted by Gasteiger charge is -2.16. The summed E-state index contributed by atoms with van der Waals surface area (Å²) in [4.78, 5) is 18.3. The van der Waals surface area contributed by atoms with Crippen molar-refractivity contribution in [1.82, 2.24) is 19.9 Å². The molecule has 346 valence electrons. The van der Waals surface area contributed by atoms with Crippen LogP contribution in [0.15, 0.2) is 108 Å². The third kappa shape index (κ3) is 8.72. The zero-order chi connectivity index (χ0) is 50.8. The number of aromatic amines is 2. The second kappa shape index (κ2) is 19.6. The molecule has 8 bridgehead atoms. The van der Waals surface area contributed by atoms with Crippen molar-refractivity contribution in [3.8, 4) is 69.9 Å². The number of rotatable bonds is 7. The predicted octanol–water partition coefficient (Wildman–Crippen LogP) is 13.6. The smallest absolute Gasteiger partial charge is 0.138 e. The van der Waals surface area contributed by atoms with Crippen LogP contribution in [0.2, 0.25) is 0 Å². The molecule has 2 aliphatic heterocycles. The van der Waals surface area contributed by atoms with E-state index in [1.54, 1.807) is 31.4 Å².